The molecule has 0 unspecified atom stereocenters. The molecule has 26 heavy (non-hydrogen) atoms. The number of hydrogen-bond acceptors (Lipinski definition) is 3. The lowest BCUT2D eigenvalue weighted by molar-refractivity contribution is 0.0830. The summed E-state index contributed by atoms with van der Waals surface area (Å²) in [5.41, 5.74) is 5.52. The minimum Gasteiger partial charge on any atom is -0.508 e. The molecule has 0 radical (unpaired) electrons. The molecule has 0 saturated heterocycles. The molecule has 136 valence electrons. The van der Waals surface area contributed by atoms with Gasteiger partial charge in [0.2, 0.25) is 0 Å². The van der Waals surface area contributed by atoms with Gasteiger partial charge in [-0.3, -0.25) is 9.78 Å². The lowest BCUT2D eigenvalue weighted by atomic mass is 10.0. The number of phenolic OH excluding ortho intramolecular Hbond substituents is 1. The van der Waals surface area contributed by atoms with E-state index in [1.165, 1.54) is 0 Å². The van der Waals surface area contributed by atoms with Crippen LogP contribution in [-0.2, 0) is 6.54 Å². The van der Waals surface area contributed by atoms with Crippen molar-refractivity contribution in [3.8, 4) is 17.0 Å². The summed E-state index contributed by atoms with van der Waals surface area (Å²) in [7, 11) is 0. The monoisotopic (exact) mass is 350 g/mol. The highest BCUT2D eigenvalue weighted by atomic mass is 16.3. The van der Waals surface area contributed by atoms with E-state index in [-0.39, 0.29) is 11.7 Å². The first kappa shape index (κ1) is 19.4. The van der Waals surface area contributed by atoms with E-state index >= 15 is 0 Å². The van der Waals surface area contributed by atoms with Gasteiger partial charge in [-0.1, -0.05) is 38.6 Å². The fourth-order valence-electron chi connectivity index (χ4n) is 3.01. The van der Waals surface area contributed by atoms with Crippen molar-refractivity contribution in [1.82, 2.24) is 9.88 Å². The van der Waals surface area contributed by atoms with Crippen LogP contribution in [0.2, 0.25) is 0 Å². The molecule has 0 bridgehead atoms. The summed E-state index contributed by atoms with van der Waals surface area (Å²) in [6.07, 6.45) is 3.54. The molecular weight excluding hydrogens is 324 g/mol. The third-order valence-corrected chi connectivity index (χ3v) is 4.38. The van der Waals surface area contributed by atoms with Crippen LogP contribution in [0, 0.1) is 13.8 Å². The average Bonchev–Trinajstić information content (AvgIpc) is 2.97. The SMILES string of the molecule is C=C/C(=C\C)N1Cc2nc(-c3ccc(C)c(O)c3)cc(C)c2C1=O.CC. The molecule has 1 amide bonds. The normalized spacial score (nSPS) is 13.2. The second-order valence-electron chi connectivity index (χ2n) is 5.96. The number of nitrogens with zero attached hydrogens (tertiary/aromatic N) is 2. The van der Waals surface area contributed by atoms with Crippen LogP contribution in [0.15, 0.2) is 48.7 Å². The second-order valence-corrected chi connectivity index (χ2v) is 5.96. The van der Waals surface area contributed by atoms with Crippen molar-refractivity contribution in [2.24, 2.45) is 0 Å². The average molecular weight is 350 g/mol. The van der Waals surface area contributed by atoms with Gasteiger partial charge in [-0.2, -0.15) is 0 Å². The van der Waals surface area contributed by atoms with E-state index < -0.39 is 0 Å². The fourth-order valence-corrected chi connectivity index (χ4v) is 3.01. The van der Waals surface area contributed by atoms with Crippen LogP contribution >= 0.6 is 0 Å². The summed E-state index contributed by atoms with van der Waals surface area (Å²) in [6.45, 7) is 13.9. The molecule has 4 heteroatoms. The minimum absolute atomic E-state index is 0.0405. The molecule has 0 saturated carbocycles. The summed E-state index contributed by atoms with van der Waals surface area (Å²) < 4.78 is 0. The summed E-state index contributed by atoms with van der Waals surface area (Å²) in [4.78, 5) is 19.0. The number of carbonyl (C=O) groups excluding carboxylic acids is 1. The Bertz CT molecular complexity index is 882. The smallest absolute Gasteiger partial charge is 0.260 e. The van der Waals surface area contributed by atoms with Crippen LogP contribution in [0.3, 0.4) is 0 Å². The van der Waals surface area contributed by atoms with Crippen molar-refractivity contribution >= 4 is 5.91 Å². The predicted molar refractivity (Wildman–Crippen MR) is 106 cm³/mol. The first-order valence-corrected chi connectivity index (χ1v) is 8.87. The second kappa shape index (κ2) is 8.00. The third kappa shape index (κ3) is 3.40. The molecule has 1 aliphatic rings. The van der Waals surface area contributed by atoms with Crippen LogP contribution in [-0.4, -0.2) is 20.9 Å². The van der Waals surface area contributed by atoms with Crippen LogP contribution in [0.4, 0.5) is 0 Å². The van der Waals surface area contributed by atoms with Crippen molar-refractivity contribution in [3.63, 3.8) is 0 Å². The Morgan fingerprint density at radius 2 is 1.92 bits per heavy atom. The van der Waals surface area contributed by atoms with Crippen LogP contribution in [0.5, 0.6) is 5.75 Å². The fraction of sp³-hybridized carbons (Fsp3) is 0.273. The molecule has 0 spiro atoms. The number of amides is 1. The molecule has 2 aromatic rings. The zero-order valence-electron chi connectivity index (χ0n) is 16.1. The van der Waals surface area contributed by atoms with Gasteiger partial charge in [0, 0.05) is 11.3 Å². The van der Waals surface area contributed by atoms with E-state index in [1.807, 2.05) is 58.9 Å². The molecular formula is C22H26N2O2. The topological polar surface area (TPSA) is 53.4 Å². The Kier molecular flexibility index (Phi) is 5.98. The first-order chi connectivity index (χ1) is 12.5. The molecule has 1 aromatic carbocycles. The number of aryl methyl sites for hydroxylation is 2. The Balaban J connectivity index is 0.00000117. The molecule has 1 N–H and O–H groups in total. The summed E-state index contributed by atoms with van der Waals surface area (Å²) in [6, 6.07) is 7.40. The van der Waals surface area contributed by atoms with Crippen LogP contribution in [0.1, 0.15) is 48.0 Å². The number of pyridine rings is 1. The predicted octanol–water partition coefficient (Wildman–Crippen LogP) is 5.14. The maximum absolute atomic E-state index is 12.7. The van der Waals surface area contributed by atoms with Gasteiger partial charge < -0.3 is 10.0 Å². The number of hydrogen-bond donors (Lipinski definition) is 1. The Morgan fingerprint density at radius 1 is 1.23 bits per heavy atom. The van der Waals surface area contributed by atoms with Gasteiger partial charge in [0.25, 0.3) is 5.91 Å². The van der Waals surface area contributed by atoms with Gasteiger partial charge in [0.15, 0.2) is 0 Å². The number of phenols is 1. The van der Waals surface area contributed by atoms with Gasteiger partial charge in [-0.25, -0.2) is 0 Å². The van der Waals surface area contributed by atoms with E-state index in [2.05, 4.69) is 11.6 Å². The van der Waals surface area contributed by atoms with E-state index in [0.717, 1.165) is 33.8 Å². The maximum atomic E-state index is 12.7. The highest BCUT2D eigenvalue weighted by molar-refractivity contribution is 6.00. The lowest BCUT2D eigenvalue weighted by Crippen LogP contribution is -2.22. The van der Waals surface area contributed by atoms with Gasteiger partial charge in [-0.05, 0) is 50.1 Å². The number of rotatable bonds is 3. The van der Waals surface area contributed by atoms with Gasteiger partial charge in [-0.15, -0.1) is 0 Å². The number of aromatic hydroxyl groups is 1. The van der Waals surface area contributed by atoms with Gasteiger partial charge in [0.1, 0.15) is 5.75 Å². The van der Waals surface area contributed by atoms with Crippen molar-refractivity contribution in [2.45, 2.75) is 41.2 Å². The van der Waals surface area contributed by atoms with Crippen molar-refractivity contribution in [2.75, 3.05) is 0 Å². The number of fused-ring (bicyclic) bond motifs is 1. The molecule has 4 nitrogen and oxygen atoms in total. The zero-order valence-corrected chi connectivity index (χ0v) is 16.1. The molecule has 1 aromatic heterocycles. The molecule has 0 atom stereocenters. The lowest BCUT2D eigenvalue weighted by Gasteiger charge is -2.15. The molecule has 2 heterocycles. The largest absolute Gasteiger partial charge is 0.508 e. The number of benzene rings is 1. The molecule has 0 fully saturated rings. The number of carbonyl (C=O) groups is 1. The number of allylic oxidation sites excluding steroid dienone is 2. The summed E-state index contributed by atoms with van der Waals surface area (Å²) in [5, 5.41) is 9.94. The molecule has 1 aliphatic heterocycles. The maximum Gasteiger partial charge on any atom is 0.260 e. The van der Waals surface area contributed by atoms with Crippen molar-refractivity contribution in [1.29, 1.82) is 0 Å². The van der Waals surface area contributed by atoms with Crippen molar-refractivity contribution in [3.05, 3.63) is 71.1 Å². The number of aromatic nitrogens is 1. The standard InChI is InChI=1S/C20H20N2O2.C2H6/c1-5-15(6-2)22-11-17-19(20(22)24)13(4)9-16(21-17)14-8-7-12(3)18(23)10-14;1-2/h5-10,23H,1,11H2,2-4H3;1-2H3/b15-6+;. The van der Waals surface area contributed by atoms with Gasteiger partial charge in [0.05, 0.1) is 23.5 Å². The van der Waals surface area contributed by atoms with Crippen LogP contribution < -0.4 is 0 Å². The molecule has 3 rings (SSSR count). The van der Waals surface area contributed by atoms with E-state index in [1.54, 1.807) is 17.0 Å². The third-order valence-electron chi connectivity index (χ3n) is 4.38. The Hall–Kier alpha value is -2.88. The summed E-state index contributed by atoms with van der Waals surface area (Å²) in [5.74, 6) is 0.203. The zero-order chi connectivity index (χ0) is 19.4. The highest BCUT2D eigenvalue weighted by Gasteiger charge is 2.32. The molecule has 0 aliphatic carbocycles. The Labute approximate surface area is 155 Å². The van der Waals surface area contributed by atoms with Gasteiger partial charge >= 0.3 is 0 Å². The quantitative estimate of drug-likeness (QED) is 0.780. The Morgan fingerprint density at radius 3 is 2.50 bits per heavy atom. The van der Waals surface area contributed by atoms with Crippen LogP contribution in [0.25, 0.3) is 11.3 Å². The first-order valence-electron chi connectivity index (χ1n) is 8.87. The van der Waals surface area contributed by atoms with E-state index in [9.17, 15) is 9.90 Å². The van der Waals surface area contributed by atoms with E-state index in [4.69, 9.17) is 0 Å². The van der Waals surface area contributed by atoms with E-state index in [0.29, 0.717) is 12.1 Å². The summed E-state index contributed by atoms with van der Waals surface area (Å²) >= 11 is 0. The highest BCUT2D eigenvalue weighted by Crippen LogP contribution is 2.32. The van der Waals surface area contributed by atoms with Crippen molar-refractivity contribution < 1.29 is 9.90 Å². The minimum atomic E-state index is -0.0405.